The summed E-state index contributed by atoms with van der Waals surface area (Å²) in [6, 6.07) is 30.7. The average Bonchev–Trinajstić information content (AvgIpc) is 3.03. The standard InChI is InChI=1S/C33H34N2O5/c36-29-17-9-7-15-25(29)19-27-31(38)32(39)28(20-26-16-8-10-18-30(26)37)35(22-24-13-5-2-6-14-24)33(40)34(27)21-23-11-3-1-4-12-23/h1-18,27-28,31-32,36-39H,19-22H2/t27-,28-,31+,32+/m1/s1. The number of phenols is 2. The molecule has 4 atom stereocenters. The fraction of sp³-hybridized carbons (Fsp3) is 0.242. The number of rotatable bonds is 8. The van der Waals surface area contributed by atoms with Crippen molar-refractivity contribution in [1.29, 1.82) is 0 Å². The second-order valence-electron chi connectivity index (χ2n) is 10.3. The number of hydrogen-bond acceptors (Lipinski definition) is 5. The first-order valence-electron chi connectivity index (χ1n) is 13.5. The summed E-state index contributed by atoms with van der Waals surface area (Å²) in [5, 5.41) is 44.5. The van der Waals surface area contributed by atoms with Crippen LogP contribution in [0.25, 0.3) is 0 Å². The normalized spacial score (nSPS) is 21.3. The smallest absolute Gasteiger partial charge is 0.321 e. The van der Waals surface area contributed by atoms with Gasteiger partial charge in [0, 0.05) is 13.1 Å². The van der Waals surface area contributed by atoms with E-state index in [0.717, 1.165) is 11.1 Å². The molecule has 4 N–H and O–H groups in total. The second-order valence-corrected chi connectivity index (χ2v) is 10.3. The van der Waals surface area contributed by atoms with Crippen molar-refractivity contribution in [2.24, 2.45) is 0 Å². The number of urea groups is 1. The molecule has 5 rings (SSSR count). The van der Waals surface area contributed by atoms with Crippen LogP contribution in [0.15, 0.2) is 109 Å². The zero-order chi connectivity index (χ0) is 28.1. The molecule has 7 heteroatoms. The fourth-order valence-corrected chi connectivity index (χ4v) is 5.48. The van der Waals surface area contributed by atoms with Crippen molar-refractivity contribution >= 4 is 6.03 Å². The number of para-hydroxylation sites is 2. The Kier molecular flexibility index (Phi) is 8.34. The minimum Gasteiger partial charge on any atom is -0.508 e. The van der Waals surface area contributed by atoms with Gasteiger partial charge in [0.05, 0.1) is 12.1 Å². The quantitative estimate of drug-likeness (QED) is 0.265. The van der Waals surface area contributed by atoms with Crippen molar-refractivity contribution in [3.63, 3.8) is 0 Å². The Morgan fingerprint density at radius 2 is 0.875 bits per heavy atom. The van der Waals surface area contributed by atoms with E-state index in [9.17, 15) is 25.2 Å². The molecule has 2 amide bonds. The molecule has 0 aliphatic carbocycles. The Bertz CT molecular complexity index is 1310. The highest BCUT2D eigenvalue weighted by molar-refractivity contribution is 5.76. The largest absolute Gasteiger partial charge is 0.508 e. The summed E-state index contributed by atoms with van der Waals surface area (Å²) in [7, 11) is 0. The number of aliphatic hydroxyl groups excluding tert-OH is 2. The van der Waals surface area contributed by atoms with Gasteiger partial charge in [0.15, 0.2) is 0 Å². The minimum atomic E-state index is -1.33. The number of aliphatic hydroxyl groups is 2. The van der Waals surface area contributed by atoms with E-state index in [1.807, 2.05) is 60.7 Å². The molecular weight excluding hydrogens is 504 g/mol. The molecule has 1 saturated heterocycles. The van der Waals surface area contributed by atoms with Gasteiger partial charge in [-0.05, 0) is 47.2 Å². The molecular formula is C33H34N2O5. The zero-order valence-electron chi connectivity index (χ0n) is 22.1. The average molecular weight is 539 g/mol. The van der Waals surface area contributed by atoms with Crippen LogP contribution in [-0.4, -0.2) is 60.5 Å². The van der Waals surface area contributed by atoms with E-state index in [1.54, 1.807) is 58.3 Å². The maximum atomic E-state index is 14.5. The molecule has 0 spiro atoms. The number of nitrogens with zero attached hydrogens (tertiary/aromatic N) is 2. The summed E-state index contributed by atoms with van der Waals surface area (Å²) in [6.07, 6.45) is -2.37. The number of phenolic OH excluding ortho intramolecular Hbond substituents is 2. The molecule has 1 fully saturated rings. The van der Waals surface area contributed by atoms with Crippen LogP contribution >= 0.6 is 0 Å². The summed E-state index contributed by atoms with van der Waals surface area (Å²) >= 11 is 0. The molecule has 1 heterocycles. The van der Waals surface area contributed by atoms with Gasteiger partial charge in [-0.25, -0.2) is 4.79 Å². The molecule has 206 valence electrons. The second kappa shape index (κ2) is 12.2. The van der Waals surface area contributed by atoms with Crippen LogP contribution in [0, 0.1) is 0 Å². The van der Waals surface area contributed by atoms with Crippen molar-refractivity contribution in [2.45, 2.75) is 50.2 Å². The van der Waals surface area contributed by atoms with Gasteiger partial charge in [0.1, 0.15) is 23.7 Å². The number of amides is 2. The number of carbonyl (C=O) groups excluding carboxylic acids is 1. The van der Waals surface area contributed by atoms with Crippen LogP contribution in [-0.2, 0) is 25.9 Å². The first-order chi connectivity index (χ1) is 19.4. The maximum Gasteiger partial charge on any atom is 0.321 e. The molecule has 0 saturated carbocycles. The van der Waals surface area contributed by atoms with Crippen LogP contribution in [0.2, 0.25) is 0 Å². The van der Waals surface area contributed by atoms with E-state index >= 15 is 0 Å². The van der Waals surface area contributed by atoms with Gasteiger partial charge in [-0.3, -0.25) is 0 Å². The maximum absolute atomic E-state index is 14.5. The van der Waals surface area contributed by atoms with Crippen molar-refractivity contribution in [3.05, 3.63) is 131 Å². The lowest BCUT2D eigenvalue weighted by Gasteiger charge is -2.36. The van der Waals surface area contributed by atoms with Gasteiger partial charge in [0.25, 0.3) is 0 Å². The van der Waals surface area contributed by atoms with Crippen LogP contribution in [0.4, 0.5) is 4.79 Å². The number of benzene rings is 4. The van der Waals surface area contributed by atoms with Gasteiger partial charge in [-0.1, -0.05) is 97.1 Å². The van der Waals surface area contributed by atoms with Crippen LogP contribution in [0.3, 0.4) is 0 Å². The van der Waals surface area contributed by atoms with Crippen molar-refractivity contribution in [1.82, 2.24) is 9.80 Å². The van der Waals surface area contributed by atoms with Crippen molar-refractivity contribution < 1.29 is 25.2 Å². The molecule has 1 aliphatic rings. The van der Waals surface area contributed by atoms with E-state index in [4.69, 9.17) is 0 Å². The minimum absolute atomic E-state index is 0.0625. The van der Waals surface area contributed by atoms with E-state index in [2.05, 4.69) is 0 Å². The van der Waals surface area contributed by atoms with E-state index in [1.165, 1.54) is 0 Å². The Morgan fingerprint density at radius 3 is 1.25 bits per heavy atom. The highest BCUT2D eigenvalue weighted by Gasteiger charge is 2.46. The van der Waals surface area contributed by atoms with Gasteiger partial charge in [0.2, 0.25) is 0 Å². The molecule has 40 heavy (non-hydrogen) atoms. The molecule has 0 bridgehead atoms. The van der Waals surface area contributed by atoms with E-state index in [-0.39, 0.29) is 43.5 Å². The highest BCUT2D eigenvalue weighted by atomic mass is 16.3. The lowest BCUT2D eigenvalue weighted by atomic mass is 9.90. The SMILES string of the molecule is O=C1N(Cc2ccccc2)[C@H](Cc2ccccc2O)[C@H](O)[C@@H](O)[C@@H](Cc2ccccc2O)N1Cc1ccccc1. The fourth-order valence-electron chi connectivity index (χ4n) is 5.48. The molecule has 4 aromatic rings. The summed E-state index contributed by atoms with van der Waals surface area (Å²) in [5.41, 5.74) is 2.88. The lowest BCUT2D eigenvalue weighted by Crippen LogP contribution is -2.50. The lowest BCUT2D eigenvalue weighted by molar-refractivity contribution is -0.0410. The third-order valence-electron chi connectivity index (χ3n) is 7.66. The van der Waals surface area contributed by atoms with Crippen LogP contribution in [0.5, 0.6) is 11.5 Å². The molecule has 0 radical (unpaired) electrons. The Balaban J connectivity index is 1.60. The van der Waals surface area contributed by atoms with E-state index in [0.29, 0.717) is 11.1 Å². The summed E-state index contributed by atoms with van der Waals surface area (Å²) in [4.78, 5) is 17.7. The Labute approximate surface area is 234 Å². The summed E-state index contributed by atoms with van der Waals surface area (Å²) in [5.74, 6) is 0.125. The number of aromatic hydroxyl groups is 2. The Hall–Kier alpha value is -4.33. The number of carbonyl (C=O) groups is 1. The molecule has 0 unspecified atom stereocenters. The third kappa shape index (κ3) is 5.96. The van der Waals surface area contributed by atoms with Gasteiger partial charge < -0.3 is 30.2 Å². The first-order valence-corrected chi connectivity index (χ1v) is 13.5. The first kappa shape index (κ1) is 27.2. The van der Waals surface area contributed by atoms with Crippen molar-refractivity contribution in [3.8, 4) is 11.5 Å². The summed E-state index contributed by atoms with van der Waals surface area (Å²) < 4.78 is 0. The number of hydrogen-bond donors (Lipinski definition) is 4. The predicted molar refractivity (Wildman–Crippen MR) is 153 cm³/mol. The molecule has 0 aromatic heterocycles. The Morgan fingerprint density at radius 1 is 0.525 bits per heavy atom. The van der Waals surface area contributed by atoms with Gasteiger partial charge in [-0.2, -0.15) is 0 Å². The molecule has 4 aromatic carbocycles. The summed E-state index contributed by atoms with van der Waals surface area (Å²) in [6.45, 7) is 0.409. The highest BCUT2D eigenvalue weighted by Crippen LogP contribution is 2.32. The third-order valence-corrected chi connectivity index (χ3v) is 7.66. The molecule has 1 aliphatic heterocycles. The van der Waals surface area contributed by atoms with Crippen LogP contribution < -0.4 is 0 Å². The topological polar surface area (TPSA) is 104 Å². The van der Waals surface area contributed by atoms with Gasteiger partial charge in [-0.15, -0.1) is 0 Å². The van der Waals surface area contributed by atoms with E-state index < -0.39 is 24.3 Å². The monoisotopic (exact) mass is 538 g/mol. The van der Waals surface area contributed by atoms with Crippen LogP contribution in [0.1, 0.15) is 22.3 Å². The van der Waals surface area contributed by atoms with Gasteiger partial charge >= 0.3 is 6.03 Å². The predicted octanol–water partition coefficient (Wildman–Crippen LogP) is 4.48. The molecule has 7 nitrogen and oxygen atoms in total. The zero-order valence-corrected chi connectivity index (χ0v) is 22.1. The van der Waals surface area contributed by atoms with Crippen molar-refractivity contribution in [2.75, 3.05) is 0 Å².